The number of methoxy groups -OCH3 is 1. The quantitative estimate of drug-likeness (QED) is 0.658. The Kier molecular flexibility index (Phi) is 5.02. The SMILES string of the molecule is C#CCNC(C(=O)OC)c1ccc(C)c(Cl)c1. The van der Waals surface area contributed by atoms with E-state index in [9.17, 15) is 4.79 Å². The Morgan fingerprint density at radius 1 is 1.65 bits per heavy atom. The Morgan fingerprint density at radius 3 is 2.88 bits per heavy atom. The highest BCUT2D eigenvalue weighted by molar-refractivity contribution is 6.31. The van der Waals surface area contributed by atoms with E-state index >= 15 is 0 Å². The number of benzene rings is 1. The number of terminal acetylenes is 1. The number of carbonyl (C=O) groups is 1. The second-order valence-corrected chi connectivity index (χ2v) is 3.96. The van der Waals surface area contributed by atoms with Gasteiger partial charge in [-0.05, 0) is 24.1 Å². The van der Waals surface area contributed by atoms with Crippen LogP contribution in [0.25, 0.3) is 0 Å². The summed E-state index contributed by atoms with van der Waals surface area (Å²) in [6.45, 7) is 2.18. The summed E-state index contributed by atoms with van der Waals surface area (Å²) in [4.78, 5) is 11.6. The maximum absolute atomic E-state index is 11.6. The molecule has 0 aliphatic heterocycles. The Balaban J connectivity index is 3.00. The molecule has 0 heterocycles. The number of nitrogens with one attached hydrogen (secondary N) is 1. The lowest BCUT2D eigenvalue weighted by Crippen LogP contribution is -2.29. The third kappa shape index (κ3) is 3.48. The van der Waals surface area contributed by atoms with Gasteiger partial charge >= 0.3 is 5.97 Å². The average Bonchev–Trinajstić information content (AvgIpc) is 2.33. The number of esters is 1. The van der Waals surface area contributed by atoms with Gasteiger partial charge in [0.25, 0.3) is 0 Å². The summed E-state index contributed by atoms with van der Waals surface area (Å²) < 4.78 is 4.72. The smallest absolute Gasteiger partial charge is 0.327 e. The monoisotopic (exact) mass is 251 g/mol. The third-order valence-corrected chi connectivity index (χ3v) is 2.78. The van der Waals surface area contributed by atoms with Crippen LogP contribution in [0.4, 0.5) is 0 Å². The lowest BCUT2D eigenvalue weighted by atomic mass is 10.1. The van der Waals surface area contributed by atoms with Crippen LogP contribution in [0, 0.1) is 19.3 Å². The van der Waals surface area contributed by atoms with Crippen LogP contribution in [0.15, 0.2) is 18.2 Å². The number of rotatable bonds is 4. The minimum absolute atomic E-state index is 0.283. The molecule has 90 valence electrons. The van der Waals surface area contributed by atoms with Gasteiger partial charge in [0.15, 0.2) is 0 Å². The van der Waals surface area contributed by atoms with Gasteiger partial charge in [-0.2, -0.15) is 0 Å². The van der Waals surface area contributed by atoms with Crippen LogP contribution in [-0.4, -0.2) is 19.6 Å². The first kappa shape index (κ1) is 13.6. The summed E-state index contributed by atoms with van der Waals surface area (Å²) >= 11 is 6.02. The molecule has 1 rings (SSSR count). The molecule has 4 heteroatoms. The van der Waals surface area contributed by atoms with E-state index in [-0.39, 0.29) is 12.5 Å². The zero-order valence-electron chi connectivity index (χ0n) is 9.79. The van der Waals surface area contributed by atoms with E-state index in [1.54, 1.807) is 6.07 Å². The van der Waals surface area contributed by atoms with Crippen LogP contribution in [0.2, 0.25) is 5.02 Å². The van der Waals surface area contributed by atoms with Crippen molar-refractivity contribution in [2.75, 3.05) is 13.7 Å². The summed E-state index contributed by atoms with van der Waals surface area (Å²) in [5.74, 6) is 2.03. The zero-order valence-corrected chi connectivity index (χ0v) is 10.5. The number of carbonyl (C=O) groups excluding carboxylic acids is 1. The molecule has 1 atom stereocenters. The maximum atomic E-state index is 11.6. The molecule has 0 amide bonds. The Bertz CT molecular complexity index is 451. The molecule has 1 unspecified atom stereocenters. The fourth-order valence-corrected chi connectivity index (χ4v) is 1.59. The van der Waals surface area contributed by atoms with Crippen molar-refractivity contribution in [3.8, 4) is 12.3 Å². The van der Waals surface area contributed by atoms with Gasteiger partial charge in [-0.15, -0.1) is 6.42 Å². The lowest BCUT2D eigenvalue weighted by molar-refractivity contribution is -0.143. The van der Waals surface area contributed by atoms with E-state index < -0.39 is 6.04 Å². The van der Waals surface area contributed by atoms with E-state index in [4.69, 9.17) is 22.8 Å². The highest BCUT2D eigenvalue weighted by Crippen LogP contribution is 2.22. The van der Waals surface area contributed by atoms with Crippen LogP contribution >= 0.6 is 11.6 Å². The van der Waals surface area contributed by atoms with Gasteiger partial charge in [0.05, 0.1) is 13.7 Å². The molecule has 0 bridgehead atoms. The van der Waals surface area contributed by atoms with E-state index in [0.29, 0.717) is 5.02 Å². The average molecular weight is 252 g/mol. The fourth-order valence-electron chi connectivity index (χ4n) is 1.40. The predicted molar refractivity (Wildman–Crippen MR) is 67.8 cm³/mol. The highest BCUT2D eigenvalue weighted by atomic mass is 35.5. The Morgan fingerprint density at radius 2 is 2.35 bits per heavy atom. The second-order valence-electron chi connectivity index (χ2n) is 3.55. The molecule has 0 spiro atoms. The summed E-state index contributed by atoms with van der Waals surface area (Å²) in [5, 5.41) is 3.52. The number of hydrogen-bond acceptors (Lipinski definition) is 3. The first-order chi connectivity index (χ1) is 8.10. The normalized spacial score (nSPS) is 11.6. The predicted octanol–water partition coefficient (Wildman–Crippen LogP) is 2.09. The van der Waals surface area contributed by atoms with E-state index in [1.165, 1.54) is 7.11 Å². The molecular formula is C13H14ClNO2. The van der Waals surface area contributed by atoms with Gasteiger partial charge in [-0.1, -0.05) is 29.7 Å². The second kappa shape index (κ2) is 6.29. The van der Waals surface area contributed by atoms with Crippen LogP contribution in [0.5, 0.6) is 0 Å². The lowest BCUT2D eigenvalue weighted by Gasteiger charge is -2.16. The van der Waals surface area contributed by atoms with Crippen LogP contribution in [0.3, 0.4) is 0 Å². The summed E-state index contributed by atoms with van der Waals surface area (Å²) in [6.07, 6.45) is 5.16. The highest BCUT2D eigenvalue weighted by Gasteiger charge is 2.20. The molecule has 0 fully saturated rings. The number of ether oxygens (including phenoxy) is 1. The molecule has 0 aliphatic rings. The van der Waals surface area contributed by atoms with Crippen molar-refractivity contribution in [3.63, 3.8) is 0 Å². The van der Waals surface area contributed by atoms with Crippen molar-refractivity contribution in [2.24, 2.45) is 0 Å². The molecule has 1 aromatic rings. The van der Waals surface area contributed by atoms with Crippen molar-refractivity contribution in [1.29, 1.82) is 0 Å². The minimum Gasteiger partial charge on any atom is -0.468 e. The van der Waals surface area contributed by atoms with Gasteiger partial charge in [-0.25, -0.2) is 4.79 Å². The van der Waals surface area contributed by atoms with Gasteiger partial charge < -0.3 is 4.74 Å². The minimum atomic E-state index is -0.589. The molecule has 0 saturated heterocycles. The maximum Gasteiger partial charge on any atom is 0.327 e. The van der Waals surface area contributed by atoms with Gasteiger partial charge in [0.2, 0.25) is 0 Å². The fraction of sp³-hybridized carbons (Fsp3) is 0.308. The van der Waals surface area contributed by atoms with Crippen molar-refractivity contribution in [2.45, 2.75) is 13.0 Å². The van der Waals surface area contributed by atoms with Crippen molar-refractivity contribution >= 4 is 17.6 Å². The first-order valence-corrected chi connectivity index (χ1v) is 5.48. The Labute approximate surface area is 106 Å². The van der Waals surface area contributed by atoms with Crippen LogP contribution < -0.4 is 5.32 Å². The number of aryl methyl sites for hydroxylation is 1. The number of hydrogen-bond donors (Lipinski definition) is 1. The van der Waals surface area contributed by atoms with Crippen LogP contribution in [-0.2, 0) is 9.53 Å². The van der Waals surface area contributed by atoms with Gasteiger partial charge in [0, 0.05) is 5.02 Å². The van der Waals surface area contributed by atoms with Crippen molar-refractivity contribution in [3.05, 3.63) is 34.3 Å². The van der Waals surface area contributed by atoms with E-state index in [2.05, 4.69) is 11.2 Å². The largest absolute Gasteiger partial charge is 0.468 e. The zero-order chi connectivity index (χ0) is 12.8. The molecule has 17 heavy (non-hydrogen) atoms. The van der Waals surface area contributed by atoms with Crippen molar-refractivity contribution in [1.82, 2.24) is 5.32 Å². The molecule has 3 nitrogen and oxygen atoms in total. The summed E-state index contributed by atoms with van der Waals surface area (Å²) in [5.41, 5.74) is 1.69. The standard InChI is InChI=1S/C13H14ClNO2/c1-4-7-15-12(13(16)17-3)10-6-5-9(2)11(14)8-10/h1,5-6,8,12,15H,7H2,2-3H3. The van der Waals surface area contributed by atoms with Gasteiger partial charge in [-0.3, -0.25) is 5.32 Å². The molecule has 0 saturated carbocycles. The number of halogens is 1. The van der Waals surface area contributed by atoms with Crippen molar-refractivity contribution < 1.29 is 9.53 Å². The van der Waals surface area contributed by atoms with Crippen LogP contribution in [0.1, 0.15) is 17.2 Å². The molecule has 0 radical (unpaired) electrons. The molecule has 1 N–H and O–H groups in total. The molecule has 0 aliphatic carbocycles. The molecule has 0 aromatic heterocycles. The molecular weight excluding hydrogens is 238 g/mol. The third-order valence-electron chi connectivity index (χ3n) is 2.37. The Hall–Kier alpha value is -1.50. The summed E-state index contributed by atoms with van der Waals surface area (Å²) in [6, 6.07) is 4.83. The van der Waals surface area contributed by atoms with Gasteiger partial charge in [0.1, 0.15) is 6.04 Å². The first-order valence-electron chi connectivity index (χ1n) is 5.11. The summed E-state index contributed by atoms with van der Waals surface area (Å²) in [7, 11) is 1.34. The van der Waals surface area contributed by atoms with E-state index in [1.807, 2.05) is 19.1 Å². The topological polar surface area (TPSA) is 38.3 Å². The van der Waals surface area contributed by atoms with E-state index in [0.717, 1.165) is 11.1 Å². The molecule has 1 aromatic carbocycles.